The molecule has 1 N–H and O–H groups in total. The van der Waals surface area contributed by atoms with E-state index in [1.54, 1.807) is 6.20 Å². The zero-order chi connectivity index (χ0) is 12.9. The van der Waals surface area contributed by atoms with Crippen LogP contribution >= 0.6 is 11.6 Å². The molecule has 0 atom stereocenters. The van der Waals surface area contributed by atoms with Crippen molar-refractivity contribution in [3.05, 3.63) is 16.9 Å². The molecule has 0 aliphatic carbocycles. The van der Waals surface area contributed by atoms with E-state index < -0.39 is 0 Å². The van der Waals surface area contributed by atoms with Gasteiger partial charge in [0.2, 0.25) is 0 Å². The van der Waals surface area contributed by atoms with Gasteiger partial charge >= 0.3 is 0 Å². The minimum atomic E-state index is 0.0599. The van der Waals surface area contributed by atoms with Crippen LogP contribution < -0.4 is 5.32 Å². The van der Waals surface area contributed by atoms with Crippen LogP contribution in [-0.4, -0.2) is 22.9 Å². The van der Waals surface area contributed by atoms with Gasteiger partial charge in [-0.2, -0.15) is 5.10 Å². The van der Waals surface area contributed by atoms with Gasteiger partial charge in [0.25, 0.3) is 0 Å². The number of aromatic nitrogens is 2. The molecule has 0 aliphatic rings. The molecule has 1 aromatic rings. The van der Waals surface area contributed by atoms with Crippen LogP contribution in [0.4, 0.5) is 0 Å². The van der Waals surface area contributed by atoms with Gasteiger partial charge in [-0.25, -0.2) is 0 Å². The third-order valence-electron chi connectivity index (χ3n) is 3.09. The van der Waals surface area contributed by atoms with Gasteiger partial charge in [-0.3, -0.25) is 4.68 Å². The second-order valence-corrected chi connectivity index (χ2v) is 5.45. The van der Waals surface area contributed by atoms with Crippen molar-refractivity contribution in [2.45, 2.75) is 52.5 Å². The Kier molecular flexibility index (Phi) is 5.47. The van der Waals surface area contributed by atoms with Crippen molar-refractivity contribution in [2.75, 3.05) is 13.1 Å². The summed E-state index contributed by atoms with van der Waals surface area (Å²) < 4.78 is 2.00. The van der Waals surface area contributed by atoms with Gasteiger partial charge < -0.3 is 5.32 Å². The van der Waals surface area contributed by atoms with Crippen molar-refractivity contribution in [2.24, 2.45) is 0 Å². The van der Waals surface area contributed by atoms with E-state index in [9.17, 15) is 0 Å². The summed E-state index contributed by atoms with van der Waals surface area (Å²) in [6.07, 6.45) is 3.99. The molecule has 0 aliphatic heterocycles. The summed E-state index contributed by atoms with van der Waals surface area (Å²) in [7, 11) is 0. The molecule has 3 nitrogen and oxygen atoms in total. The fourth-order valence-electron chi connectivity index (χ4n) is 2.10. The van der Waals surface area contributed by atoms with E-state index in [2.05, 4.69) is 38.1 Å². The number of halogens is 1. The normalized spacial score (nSPS) is 12.1. The second-order valence-electron chi connectivity index (χ2n) is 5.04. The first-order valence-corrected chi connectivity index (χ1v) is 6.83. The summed E-state index contributed by atoms with van der Waals surface area (Å²) in [5.74, 6) is 0. The summed E-state index contributed by atoms with van der Waals surface area (Å²) in [4.78, 5) is 0. The van der Waals surface area contributed by atoms with Crippen molar-refractivity contribution < 1.29 is 0 Å². The van der Waals surface area contributed by atoms with Crippen LogP contribution in [0, 0.1) is 0 Å². The first-order chi connectivity index (χ1) is 8.03. The van der Waals surface area contributed by atoms with E-state index >= 15 is 0 Å². The molecule has 0 radical (unpaired) electrons. The van der Waals surface area contributed by atoms with Crippen molar-refractivity contribution >= 4 is 11.6 Å². The fraction of sp³-hybridized carbons (Fsp3) is 0.769. The lowest BCUT2D eigenvalue weighted by Gasteiger charge is -2.26. The molecule has 0 saturated carbocycles. The Morgan fingerprint density at radius 3 is 2.65 bits per heavy atom. The third-order valence-corrected chi connectivity index (χ3v) is 3.37. The molecule has 0 spiro atoms. The van der Waals surface area contributed by atoms with Crippen molar-refractivity contribution in [1.82, 2.24) is 15.1 Å². The second kappa shape index (κ2) is 6.41. The maximum Gasteiger partial charge on any atom is 0.0823 e. The number of nitrogens with one attached hydrogen (secondary N) is 1. The van der Waals surface area contributed by atoms with Gasteiger partial charge in [0, 0.05) is 12.0 Å². The van der Waals surface area contributed by atoms with E-state index in [0.29, 0.717) is 0 Å². The minimum Gasteiger partial charge on any atom is -0.317 e. The smallest absolute Gasteiger partial charge is 0.0823 e. The Morgan fingerprint density at radius 1 is 1.35 bits per heavy atom. The van der Waals surface area contributed by atoms with Crippen LogP contribution in [0.15, 0.2) is 6.20 Å². The molecule has 0 fully saturated rings. The largest absolute Gasteiger partial charge is 0.317 e. The Labute approximate surface area is 110 Å². The lowest BCUT2D eigenvalue weighted by atomic mass is 9.85. The monoisotopic (exact) mass is 257 g/mol. The molecule has 0 bridgehead atoms. The van der Waals surface area contributed by atoms with Crippen molar-refractivity contribution in [1.29, 1.82) is 0 Å². The Balaban J connectivity index is 2.70. The molecule has 0 amide bonds. The number of nitrogens with zero attached hydrogens (tertiary/aromatic N) is 2. The van der Waals surface area contributed by atoms with Crippen LogP contribution in [0.5, 0.6) is 0 Å². The number of hydrogen-bond donors (Lipinski definition) is 1. The molecule has 0 aromatic carbocycles. The Hall–Kier alpha value is -0.540. The number of aryl methyl sites for hydroxylation is 1. The zero-order valence-electron chi connectivity index (χ0n) is 11.4. The predicted octanol–water partition coefficient (Wildman–Crippen LogP) is 3.22. The number of hydrogen-bond acceptors (Lipinski definition) is 2. The topological polar surface area (TPSA) is 29.9 Å². The molecular weight excluding hydrogens is 234 g/mol. The summed E-state index contributed by atoms with van der Waals surface area (Å²) in [5.41, 5.74) is 1.21. The average molecular weight is 258 g/mol. The summed E-state index contributed by atoms with van der Waals surface area (Å²) in [6.45, 7) is 11.7. The number of rotatable bonds is 7. The van der Waals surface area contributed by atoms with E-state index in [1.165, 1.54) is 6.42 Å². The van der Waals surface area contributed by atoms with Gasteiger partial charge in [-0.05, 0) is 32.9 Å². The van der Waals surface area contributed by atoms with Crippen LogP contribution in [0.1, 0.15) is 46.2 Å². The maximum absolute atomic E-state index is 6.24. The summed E-state index contributed by atoms with van der Waals surface area (Å²) >= 11 is 6.24. The maximum atomic E-state index is 6.24. The van der Waals surface area contributed by atoms with Crippen LogP contribution in [0.3, 0.4) is 0 Å². The van der Waals surface area contributed by atoms with Crippen LogP contribution in [0.2, 0.25) is 5.02 Å². The van der Waals surface area contributed by atoms with E-state index in [-0.39, 0.29) is 5.41 Å². The Morgan fingerprint density at radius 2 is 2.06 bits per heavy atom. The van der Waals surface area contributed by atoms with Gasteiger partial charge in [-0.1, -0.05) is 32.4 Å². The van der Waals surface area contributed by atoms with Crippen LogP contribution in [-0.2, 0) is 12.0 Å². The fourth-order valence-corrected chi connectivity index (χ4v) is 2.49. The highest BCUT2D eigenvalue weighted by molar-refractivity contribution is 6.31. The molecule has 4 heteroatoms. The average Bonchev–Trinajstić information content (AvgIpc) is 2.66. The van der Waals surface area contributed by atoms with E-state index in [1.807, 2.05) is 4.68 Å². The summed E-state index contributed by atoms with van der Waals surface area (Å²) in [5, 5.41) is 8.53. The minimum absolute atomic E-state index is 0.0599. The quantitative estimate of drug-likeness (QED) is 0.760. The van der Waals surface area contributed by atoms with Gasteiger partial charge in [0.15, 0.2) is 0 Å². The molecule has 0 saturated heterocycles. The SMILES string of the molecule is CCCNCCC(C)(C)c1c(Cl)cnn1CC. The first kappa shape index (κ1) is 14.5. The molecule has 17 heavy (non-hydrogen) atoms. The first-order valence-electron chi connectivity index (χ1n) is 6.45. The molecule has 98 valence electrons. The van der Waals surface area contributed by atoms with E-state index in [4.69, 9.17) is 11.6 Å². The van der Waals surface area contributed by atoms with Crippen molar-refractivity contribution in [3.63, 3.8) is 0 Å². The molecular formula is C13H24ClN3. The summed E-state index contributed by atoms with van der Waals surface area (Å²) in [6, 6.07) is 0. The van der Waals surface area contributed by atoms with Crippen molar-refractivity contribution in [3.8, 4) is 0 Å². The third kappa shape index (κ3) is 3.71. The lowest BCUT2D eigenvalue weighted by Crippen LogP contribution is -2.28. The van der Waals surface area contributed by atoms with E-state index in [0.717, 1.165) is 36.8 Å². The van der Waals surface area contributed by atoms with Crippen LogP contribution in [0.25, 0.3) is 0 Å². The highest BCUT2D eigenvalue weighted by atomic mass is 35.5. The zero-order valence-corrected chi connectivity index (χ0v) is 12.1. The molecule has 1 aromatic heterocycles. The predicted molar refractivity (Wildman–Crippen MR) is 73.7 cm³/mol. The van der Waals surface area contributed by atoms with Gasteiger partial charge in [0.1, 0.15) is 0 Å². The van der Waals surface area contributed by atoms with Gasteiger partial charge in [0.05, 0.1) is 16.9 Å². The molecule has 1 rings (SSSR count). The highest BCUT2D eigenvalue weighted by Crippen LogP contribution is 2.32. The Bertz CT molecular complexity index is 344. The highest BCUT2D eigenvalue weighted by Gasteiger charge is 2.27. The lowest BCUT2D eigenvalue weighted by molar-refractivity contribution is 0.416. The van der Waals surface area contributed by atoms with Gasteiger partial charge in [-0.15, -0.1) is 0 Å². The molecule has 0 unspecified atom stereocenters. The molecule has 1 heterocycles. The standard InChI is InChI=1S/C13H24ClN3/c1-5-8-15-9-7-13(3,4)12-11(14)10-16-17(12)6-2/h10,15H,5-9H2,1-4H3.